The zero-order chi connectivity index (χ0) is 32.8. The van der Waals surface area contributed by atoms with Crippen molar-refractivity contribution in [1.29, 1.82) is 0 Å². The molecule has 9 nitrogen and oxygen atoms in total. The topological polar surface area (TPSA) is 128 Å². The van der Waals surface area contributed by atoms with E-state index < -0.39 is 21.7 Å². The number of nitrogens with one attached hydrogen (secondary N) is 2. The van der Waals surface area contributed by atoms with Gasteiger partial charge in [0.15, 0.2) is 5.69 Å². The largest absolute Gasteiger partial charge is 0.448 e. The van der Waals surface area contributed by atoms with Crippen molar-refractivity contribution in [3.8, 4) is 0 Å². The third-order valence-corrected chi connectivity index (χ3v) is 11.5. The van der Waals surface area contributed by atoms with Crippen LogP contribution in [0.25, 0.3) is 0 Å². The molecule has 2 N–H and O–H groups in total. The third-order valence-electron chi connectivity index (χ3n) is 10.1. The highest BCUT2D eigenvalue weighted by molar-refractivity contribution is 7.90. The molecule has 4 unspecified atom stereocenters. The lowest BCUT2D eigenvalue weighted by molar-refractivity contribution is -0.119. The summed E-state index contributed by atoms with van der Waals surface area (Å²) in [5.74, 6) is -0.251. The summed E-state index contributed by atoms with van der Waals surface area (Å²) >= 11 is 0. The summed E-state index contributed by atoms with van der Waals surface area (Å²) in [5, 5.41) is 2.98. The second-order valence-electron chi connectivity index (χ2n) is 13.3. The van der Waals surface area contributed by atoms with Gasteiger partial charge in [-0.2, -0.15) is 0 Å². The fourth-order valence-corrected chi connectivity index (χ4v) is 8.67. The van der Waals surface area contributed by atoms with Crippen molar-refractivity contribution in [3.05, 3.63) is 83.3 Å². The van der Waals surface area contributed by atoms with E-state index in [1.54, 1.807) is 24.3 Å². The van der Waals surface area contributed by atoms with Gasteiger partial charge in [-0.3, -0.25) is 9.59 Å². The zero-order valence-electron chi connectivity index (χ0n) is 26.7. The highest BCUT2D eigenvalue weighted by Crippen LogP contribution is 2.50. The standard InChI is InChI=1S/C36H44FN3O6S/c37-27-16-14-25(15-19-33(41)40-47(43,44)28-12-5-2-6-13-28)26(21-27)22-29-31-17-18-32(46-31)34(29)36-39-30(23-45-36)35(42)38-20-8-7-11-24-9-3-1-4-10-24/h2,5-6,12-14,16,21,23-24,29,31-32,34H,1,3-4,7-11,15,17-20,22H2,(H,38,42)(H,40,41). The van der Waals surface area contributed by atoms with Crippen LogP contribution in [0.1, 0.15) is 104 Å². The van der Waals surface area contributed by atoms with Crippen LogP contribution in [0.4, 0.5) is 4.39 Å². The summed E-state index contributed by atoms with van der Waals surface area (Å²) in [6.45, 7) is 0.603. The zero-order valence-corrected chi connectivity index (χ0v) is 27.5. The normalized spacial score (nSPS) is 22.7. The average Bonchev–Trinajstić information content (AvgIpc) is 3.82. The molecule has 2 aliphatic heterocycles. The number of unbranched alkanes of at least 4 members (excludes halogenated alkanes) is 1. The van der Waals surface area contributed by atoms with Crippen LogP contribution in [0, 0.1) is 17.7 Å². The minimum absolute atomic E-state index is 0.00943. The molecule has 4 atom stereocenters. The number of ether oxygens (including phenoxy) is 1. The average molecular weight is 666 g/mol. The van der Waals surface area contributed by atoms with Gasteiger partial charge in [0.05, 0.1) is 23.0 Å². The monoisotopic (exact) mass is 665 g/mol. The predicted molar refractivity (Wildman–Crippen MR) is 174 cm³/mol. The lowest BCUT2D eigenvalue weighted by Gasteiger charge is -2.26. The van der Waals surface area contributed by atoms with E-state index in [0.717, 1.165) is 42.7 Å². The summed E-state index contributed by atoms with van der Waals surface area (Å²) in [5.41, 5.74) is 1.74. The van der Waals surface area contributed by atoms with Gasteiger partial charge >= 0.3 is 0 Å². The molecule has 1 saturated carbocycles. The molecule has 1 aliphatic carbocycles. The summed E-state index contributed by atoms with van der Waals surface area (Å²) in [6, 6.07) is 12.2. The highest BCUT2D eigenvalue weighted by atomic mass is 32.2. The molecule has 3 aromatic rings. The second kappa shape index (κ2) is 15.1. The molecule has 2 aromatic carbocycles. The van der Waals surface area contributed by atoms with Crippen molar-refractivity contribution in [2.24, 2.45) is 11.8 Å². The van der Waals surface area contributed by atoms with Crippen molar-refractivity contribution in [3.63, 3.8) is 0 Å². The summed E-state index contributed by atoms with van der Waals surface area (Å²) in [4.78, 5) is 30.1. The number of aromatic nitrogens is 1. The van der Waals surface area contributed by atoms with Gasteiger partial charge in [-0.15, -0.1) is 0 Å². The van der Waals surface area contributed by atoms with Crippen molar-refractivity contribution in [2.75, 3.05) is 6.54 Å². The first-order chi connectivity index (χ1) is 22.8. The number of hydrogen-bond acceptors (Lipinski definition) is 7. The van der Waals surface area contributed by atoms with Gasteiger partial charge in [0.1, 0.15) is 12.1 Å². The molecule has 2 saturated heterocycles. The van der Waals surface area contributed by atoms with Crippen molar-refractivity contribution < 1.29 is 31.6 Å². The molecule has 2 bridgehead atoms. The van der Waals surface area contributed by atoms with Gasteiger partial charge in [0, 0.05) is 18.9 Å². The molecule has 2 amide bonds. The van der Waals surface area contributed by atoms with Gasteiger partial charge in [0.25, 0.3) is 15.9 Å². The van der Waals surface area contributed by atoms with Crippen LogP contribution in [0.2, 0.25) is 0 Å². The molecular formula is C36H44FN3O6S. The lowest BCUT2D eigenvalue weighted by atomic mass is 9.75. The number of nitrogens with zero attached hydrogens (tertiary/aromatic N) is 1. The van der Waals surface area contributed by atoms with Gasteiger partial charge in [-0.25, -0.2) is 22.5 Å². The maximum absolute atomic E-state index is 14.5. The molecule has 1 aromatic heterocycles. The summed E-state index contributed by atoms with van der Waals surface area (Å²) in [7, 11) is -3.98. The smallest absolute Gasteiger partial charge is 0.273 e. The Morgan fingerprint density at radius 2 is 1.72 bits per heavy atom. The van der Waals surface area contributed by atoms with Crippen LogP contribution in [0.15, 0.2) is 64.1 Å². The summed E-state index contributed by atoms with van der Waals surface area (Å²) in [6.07, 6.45) is 13.6. The molecule has 0 radical (unpaired) electrons. The number of hydrogen-bond donors (Lipinski definition) is 2. The van der Waals surface area contributed by atoms with E-state index in [1.165, 1.54) is 69.1 Å². The summed E-state index contributed by atoms with van der Waals surface area (Å²) < 4.78 is 54.0. The molecule has 6 rings (SSSR count). The molecule has 3 heterocycles. The van der Waals surface area contributed by atoms with Crippen LogP contribution < -0.4 is 10.0 Å². The van der Waals surface area contributed by atoms with E-state index in [0.29, 0.717) is 18.9 Å². The van der Waals surface area contributed by atoms with Crippen LogP contribution >= 0.6 is 0 Å². The molecule has 252 valence electrons. The van der Waals surface area contributed by atoms with E-state index in [4.69, 9.17) is 9.15 Å². The Hall–Kier alpha value is -3.57. The Labute approximate surface area is 276 Å². The van der Waals surface area contributed by atoms with Gasteiger partial charge < -0.3 is 14.5 Å². The van der Waals surface area contributed by atoms with Crippen LogP contribution in [0.3, 0.4) is 0 Å². The Balaban J connectivity index is 1.06. The Morgan fingerprint density at radius 3 is 2.53 bits per heavy atom. The number of halogens is 1. The molecule has 3 aliphatic rings. The number of rotatable bonds is 14. The molecule has 47 heavy (non-hydrogen) atoms. The number of aryl methyl sites for hydroxylation is 1. The molecule has 3 fully saturated rings. The van der Waals surface area contributed by atoms with E-state index in [2.05, 4.69) is 15.0 Å². The van der Waals surface area contributed by atoms with Crippen molar-refractivity contribution in [2.45, 2.75) is 106 Å². The Kier molecular flexibility index (Phi) is 10.7. The SMILES string of the molecule is O=C(CCc1ccc(F)cc1CC1C2CCC(O2)C1c1nc(C(=O)NCCCCC2CCCCC2)co1)NS(=O)(=O)c1ccccc1. The van der Waals surface area contributed by atoms with E-state index >= 15 is 0 Å². The Morgan fingerprint density at radius 1 is 0.936 bits per heavy atom. The minimum atomic E-state index is -3.98. The quantitative estimate of drug-likeness (QED) is 0.195. The fourth-order valence-electron chi connectivity index (χ4n) is 7.64. The number of fused-ring (bicyclic) bond motifs is 2. The fraction of sp³-hybridized carbons (Fsp3) is 0.528. The first kappa shape index (κ1) is 33.3. The van der Waals surface area contributed by atoms with Gasteiger partial charge in [-0.05, 0) is 73.4 Å². The number of carbonyl (C=O) groups is 2. The van der Waals surface area contributed by atoms with Crippen molar-refractivity contribution >= 4 is 21.8 Å². The van der Waals surface area contributed by atoms with Crippen LogP contribution in [-0.4, -0.2) is 44.0 Å². The molecule has 0 spiro atoms. The lowest BCUT2D eigenvalue weighted by Crippen LogP contribution is -2.31. The number of amides is 2. The number of sulfonamides is 1. The second-order valence-corrected chi connectivity index (χ2v) is 14.9. The van der Waals surface area contributed by atoms with Crippen LogP contribution in [0.5, 0.6) is 0 Å². The Bertz CT molecular complexity index is 1640. The molecule has 11 heteroatoms. The van der Waals surface area contributed by atoms with E-state index in [1.807, 2.05) is 0 Å². The number of benzene rings is 2. The number of carbonyl (C=O) groups excluding carboxylic acids is 2. The first-order valence-corrected chi connectivity index (χ1v) is 18.5. The molecular weight excluding hydrogens is 621 g/mol. The number of oxazole rings is 1. The third kappa shape index (κ3) is 8.30. The maximum Gasteiger partial charge on any atom is 0.273 e. The van der Waals surface area contributed by atoms with Gasteiger partial charge in [0.2, 0.25) is 11.8 Å². The maximum atomic E-state index is 14.5. The minimum Gasteiger partial charge on any atom is -0.448 e. The first-order valence-electron chi connectivity index (χ1n) is 17.0. The van der Waals surface area contributed by atoms with Crippen LogP contribution in [-0.2, 0) is 32.4 Å². The van der Waals surface area contributed by atoms with E-state index in [-0.39, 0.29) is 53.4 Å². The van der Waals surface area contributed by atoms with Crippen molar-refractivity contribution in [1.82, 2.24) is 15.0 Å². The highest BCUT2D eigenvalue weighted by Gasteiger charge is 2.51. The van der Waals surface area contributed by atoms with E-state index in [9.17, 15) is 22.4 Å². The predicted octanol–water partition coefficient (Wildman–Crippen LogP) is 6.24. The van der Waals surface area contributed by atoms with Gasteiger partial charge in [-0.1, -0.05) is 69.2 Å².